The Kier molecular flexibility index (Phi) is 4.65. The van der Waals surface area contributed by atoms with E-state index >= 15 is 0 Å². The summed E-state index contributed by atoms with van der Waals surface area (Å²) in [6.07, 6.45) is 0.871. The van der Waals surface area contributed by atoms with Gasteiger partial charge in [-0.3, -0.25) is 9.59 Å². The maximum atomic E-state index is 12.8. The molecule has 2 amide bonds. The number of hydrogen-bond donors (Lipinski definition) is 0. The van der Waals surface area contributed by atoms with Crippen LogP contribution in [0.4, 0.5) is 5.69 Å². The van der Waals surface area contributed by atoms with Gasteiger partial charge in [0.05, 0.1) is 6.04 Å². The average molecular weight is 322 g/mol. The van der Waals surface area contributed by atoms with Crippen molar-refractivity contribution in [2.24, 2.45) is 0 Å². The Labute approximate surface area is 142 Å². The molecule has 3 rings (SSSR count). The molecule has 2 aromatic carbocycles. The van der Waals surface area contributed by atoms with Crippen molar-refractivity contribution in [3.63, 3.8) is 0 Å². The molecule has 0 spiro atoms. The SMILES string of the molecule is CC(=O)N(CC(=O)N1CCc2ccccc21)C(C)c1ccccc1. The van der Waals surface area contributed by atoms with E-state index in [0.29, 0.717) is 6.54 Å². The van der Waals surface area contributed by atoms with Crippen molar-refractivity contribution in [2.75, 3.05) is 18.0 Å². The highest BCUT2D eigenvalue weighted by Crippen LogP contribution is 2.28. The molecule has 0 N–H and O–H groups in total. The fourth-order valence-electron chi connectivity index (χ4n) is 3.26. The highest BCUT2D eigenvalue weighted by molar-refractivity contribution is 5.98. The molecule has 0 saturated carbocycles. The molecule has 1 heterocycles. The first-order valence-corrected chi connectivity index (χ1v) is 8.28. The van der Waals surface area contributed by atoms with Crippen LogP contribution in [0.2, 0.25) is 0 Å². The van der Waals surface area contributed by atoms with Crippen molar-refractivity contribution in [1.82, 2.24) is 4.90 Å². The lowest BCUT2D eigenvalue weighted by molar-refractivity contribution is -0.135. The minimum atomic E-state index is -0.134. The molecule has 1 aliphatic heterocycles. The summed E-state index contributed by atoms with van der Waals surface area (Å²) in [5.74, 6) is -0.120. The summed E-state index contributed by atoms with van der Waals surface area (Å²) in [6.45, 7) is 4.26. The number of amides is 2. The van der Waals surface area contributed by atoms with Gasteiger partial charge >= 0.3 is 0 Å². The van der Waals surface area contributed by atoms with Gasteiger partial charge < -0.3 is 9.80 Å². The van der Waals surface area contributed by atoms with Crippen molar-refractivity contribution in [1.29, 1.82) is 0 Å². The zero-order chi connectivity index (χ0) is 17.1. The molecule has 2 aromatic rings. The fourth-order valence-corrected chi connectivity index (χ4v) is 3.26. The van der Waals surface area contributed by atoms with Crippen LogP contribution in [0.15, 0.2) is 54.6 Å². The predicted molar refractivity (Wildman–Crippen MR) is 94.7 cm³/mol. The molecule has 0 radical (unpaired) electrons. The largest absolute Gasteiger partial charge is 0.327 e. The monoisotopic (exact) mass is 322 g/mol. The summed E-state index contributed by atoms with van der Waals surface area (Å²) in [5, 5.41) is 0. The van der Waals surface area contributed by atoms with Gasteiger partial charge in [-0.2, -0.15) is 0 Å². The summed E-state index contributed by atoms with van der Waals surface area (Å²) in [5.41, 5.74) is 3.19. The molecule has 4 heteroatoms. The summed E-state index contributed by atoms with van der Waals surface area (Å²) < 4.78 is 0. The lowest BCUT2D eigenvalue weighted by Crippen LogP contribution is -2.42. The number of para-hydroxylation sites is 1. The number of nitrogens with zero attached hydrogens (tertiary/aromatic N) is 2. The second-order valence-electron chi connectivity index (χ2n) is 6.16. The standard InChI is InChI=1S/C20H22N2O2/c1-15(17-8-4-3-5-9-17)22(16(2)23)14-20(24)21-13-12-18-10-6-7-11-19(18)21/h3-11,15H,12-14H2,1-2H3. The molecule has 0 saturated heterocycles. The second kappa shape index (κ2) is 6.87. The highest BCUT2D eigenvalue weighted by atomic mass is 16.2. The van der Waals surface area contributed by atoms with E-state index in [-0.39, 0.29) is 24.4 Å². The van der Waals surface area contributed by atoms with Crippen molar-refractivity contribution < 1.29 is 9.59 Å². The zero-order valence-electron chi connectivity index (χ0n) is 14.1. The molecule has 1 atom stereocenters. The van der Waals surface area contributed by atoms with Gasteiger partial charge in [-0.15, -0.1) is 0 Å². The van der Waals surface area contributed by atoms with Gasteiger partial charge in [0, 0.05) is 19.2 Å². The second-order valence-corrected chi connectivity index (χ2v) is 6.16. The van der Waals surface area contributed by atoms with Crippen LogP contribution in [0.1, 0.15) is 31.0 Å². The third kappa shape index (κ3) is 3.18. The molecule has 0 fully saturated rings. The first-order valence-electron chi connectivity index (χ1n) is 8.28. The Hall–Kier alpha value is -2.62. The number of hydrogen-bond acceptors (Lipinski definition) is 2. The molecule has 1 aliphatic rings. The Morgan fingerprint density at radius 3 is 2.46 bits per heavy atom. The number of rotatable bonds is 4. The van der Waals surface area contributed by atoms with Crippen LogP contribution in [0.5, 0.6) is 0 Å². The topological polar surface area (TPSA) is 40.6 Å². The lowest BCUT2D eigenvalue weighted by Gasteiger charge is -2.30. The van der Waals surface area contributed by atoms with Crippen molar-refractivity contribution in [3.8, 4) is 0 Å². The van der Waals surface area contributed by atoms with Gasteiger partial charge in [0.15, 0.2) is 0 Å². The van der Waals surface area contributed by atoms with Crippen LogP contribution in [0.25, 0.3) is 0 Å². The van der Waals surface area contributed by atoms with E-state index < -0.39 is 0 Å². The molecule has 124 valence electrons. The third-order valence-corrected chi connectivity index (χ3v) is 4.65. The molecule has 0 aromatic heterocycles. The number of benzene rings is 2. The zero-order valence-corrected chi connectivity index (χ0v) is 14.1. The maximum Gasteiger partial charge on any atom is 0.246 e. The smallest absolute Gasteiger partial charge is 0.246 e. The van der Waals surface area contributed by atoms with Crippen LogP contribution in [-0.4, -0.2) is 29.8 Å². The van der Waals surface area contributed by atoms with Crippen LogP contribution in [0, 0.1) is 0 Å². The Bertz CT molecular complexity index is 742. The molecule has 0 aliphatic carbocycles. The van der Waals surface area contributed by atoms with Gasteiger partial charge in [0.2, 0.25) is 11.8 Å². The van der Waals surface area contributed by atoms with E-state index in [1.165, 1.54) is 12.5 Å². The average Bonchev–Trinajstić information content (AvgIpc) is 3.03. The van der Waals surface area contributed by atoms with Crippen LogP contribution in [0.3, 0.4) is 0 Å². The molecule has 4 nitrogen and oxygen atoms in total. The van der Waals surface area contributed by atoms with Gasteiger partial charge in [-0.05, 0) is 30.5 Å². The van der Waals surface area contributed by atoms with Crippen molar-refractivity contribution in [2.45, 2.75) is 26.3 Å². The third-order valence-electron chi connectivity index (χ3n) is 4.65. The molecular formula is C20H22N2O2. The first-order chi connectivity index (χ1) is 11.6. The summed E-state index contributed by atoms with van der Waals surface area (Å²) in [6, 6.07) is 17.6. The molecule has 24 heavy (non-hydrogen) atoms. The minimum absolute atomic E-state index is 0.0297. The number of fused-ring (bicyclic) bond motifs is 1. The predicted octanol–water partition coefficient (Wildman–Crippen LogP) is 3.19. The Balaban J connectivity index is 1.77. The summed E-state index contributed by atoms with van der Waals surface area (Å²) in [4.78, 5) is 28.3. The number of anilines is 1. The van der Waals surface area contributed by atoms with E-state index in [1.807, 2.05) is 55.5 Å². The van der Waals surface area contributed by atoms with E-state index in [4.69, 9.17) is 0 Å². The van der Waals surface area contributed by atoms with Crippen LogP contribution in [-0.2, 0) is 16.0 Å². The van der Waals surface area contributed by atoms with Crippen LogP contribution < -0.4 is 4.90 Å². The maximum absolute atomic E-state index is 12.8. The van der Waals surface area contributed by atoms with E-state index in [0.717, 1.165) is 17.7 Å². The quantitative estimate of drug-likeness (QED) is 0.867. The lowest BCUT2D eigenvalue weighted by atomic mass is 10.1. The molecule has 1 unspecified atom stereocenters. The van der Waals surface area contributed by atoms with Gasteiger partial charge in [0.1, 0.15) is 6.54 Å². The van der Waals surface area contributed by atoms with Crippen LogP contribution >= 0.6 is 0 Å². The number of carbonyl (C=O) groups excluding carboxylic acids is 2. The van der Waals surface area contributed by atoms with E-state index in [2.05, 4.69) is 6.07 Å². The van der Waals surface area contributed by atoms with Crippen molar-refractivity contribution in [3.05, 3.63) is 65.7 Å². The summed E-state index contributed by atoms with van der Waals surface area (Å²) in [7, 11) is 0. The van der Waals surface area contributed by atoms with Crippen molar-refractivity contribution >= 4 is 17.5 Å². The summed E-state index contributed by atoms with van der Waals surface area (Å²) >= 11 is 0. The fraction of sp³-hybridized carbons (Fsp3) is 0.300. The normalized spacial score (nSPS) is 14.2. The minimum Gasteiger partial charge on any atom is -0.327 e. The first kappa shape index (κ1) is 16.2. The van der Waals surface area contributed by atoms with E-state index in [9.17, 15) is 9.59 Å². The molecular weight excluding hydrogens is 300 g/mol. The Morgan fingerprint density at radius 1 is 1.08 bits per heavy atom. The Morgan fingerprint density at radius 2 is 1.75 bits per heavy atom. The highest BCUT2D eigenvalue weighted by Gasteiger charge is 2.28. The number of carbonyl (C=O) groups is 2. The molecule has 0 bridgehead atoms. The van der Waals surface area contributed by atoms with Gasteiger partial charge in [-0.25, -0.2) is 0 Å². The van der Waals surface area contributed by atoms with E-state index in [1.54, 1.807) is 9.80 Å². The van der Waals surface area contributed by atoms with Gasteiger partial charge in [-0.1, -0.05) is 48.5 Å². The van der Waals surface area contributed by atoms with Gasteiger partial charge in [0.25, 0.3) is 0 Å².